The summed E-state index contributed by atoms with van der Waals surface area (Å²) in [7, 11) is 0. The predicted molar refractivity (Wildman–Crippen MR) is 189 cm³/mol. The topological polar surface area (TPSA) is 134 Å². The van der Waals surface area contributed by atoms with Gasteiger partial charge in [0.2, 0.25) is 11.8 Å². The summed E-state index contributed by atoms with van der Waals surface area (Å²) < 4.78 is 11.2. The number of carbonyl (C=O) groups excluding carboxylic acids is 4. The van der Waals surface area contributed by atoms with Crippen LogP contribution in [0.15, 0.2) is 91.5 Å². The fraction of sp³-hybridized carbons (Fsp3) is 0.385. The lowest BCUT2D eigenvalue weighted by atomic mass is 9.96. The number of hydrogen-bond acceptors (Lipinski definition) is 7. The van der Waals surface area contributed by atoms with Gasteiger partial charge in [-0.1, -0.05) is 72.8 Å². The van der Waals surface area contributed by atoms with Gasteiger partial charge in [-0.05, 0) is 82.9 Å². The number of aromatic hydroxyl groups is 1. The lowest BCUT2D eigenvalue weighted by Gasteiger charge is -2.35. The highest BCUT2D eigenvalue weighted by atomic mass is 16.6. The van der Waals surface area contributed by atoms with Gasteiger partial charge >= 0.3 is 12.1 Å². The molecule has 3 aromatic carbocycles. The maximum atomic E-state index is 14.6. The van der Waals surface area contributed by atoms with Gasteiger partial charge in [0.25, 0.3) is 0 Å². The Morgan fingerprint density at radius 2 is 1.33 bits per heavy atom. The van der Waals surface area contributed by atoms with Crippen LogP contribution in [0.2, 0.25) is 0 Å². The summed E-state index contributed by atoms with van der Waals surface area (Å²) >= 11 is 0. The maximum absolute atomic E-state index is 14.6. The number of carbonyl (C=O) groups is 4. The Morgan fingerprint density at radius 3 is 1.90 bits per heavy atom. The van der Waals surface area contributed by atoms with E-state index < -0.39 is 53.2 Å². The first kappa shape index (κ1) is 38.3. The van der Waals surface area contributed by atoms with Crippen molar-refractivity contribution in [3.63, 3.8) is 0 Å². The van der Waals surface area contributed by atoms with Gasteiger partial charge in [-0.25, -0.2) is 9.59 Å². The van der Waals surface area contributed by atoms with Crippen molar-refractivity contribution < 1.29 is 33.8 Å². The number of hydrogen-bond donors (Lipinski definition) is 3. The molecule has 0 aliphatic carbocycles. The first-order valence-corrected chi connectivity index (χ1v) is 16.3. The minimum Gasteiger partial charge on any atom is -0.508 e. The number of esters is 1. The third kappa shape index (κ3) is 12.1. The molecule has 0 fully saturated rings. The lowest BCUT2D eigenvalue weighted by molar-refractivity contribution is -0.159. The van der Waals surface area contributed by atoms with Crippen molar-refractivity contribution in [2.75, 3.05) is 6.54 Å². The smallest absolute Gasteiger partial charge is 0.408 e. The molecule has 0 spiro atoms. The SMILES string of the molecule is C=CCN(C(=O)C(Cc1ccc(O)cc1)NC(=O)OC(C)(C)C)C(C(=O)NC(Cc1ccccc1)C(=O)OC(C)(C)C)c1ccccc1C. The Morgan fingerprint density at radius 1 is 0.776 bits per heavy atom. The molecule has 3 atom stereocenters. The normalized spacial score (nSPS) is 13.3. The number of ether oxygens (including phenoxy) is 2. The van der Waals surface area contributed by atoms with Crippen molar-refractivity contribution in [1.82, 2.24) is 15.5 Å². The second-order valence-electron chi connectivity index (χ2n) is 13.9. The second-order valence-corrected chi connectivity index (χ2v) is 13.9. The molecule has 3 amide bonds. The van der Waals surface area contributed by atoms with Gasteiger partial charge in [-0.15, -0.1) is 6.58 Å². The molecule has 0 bridgehead atoms. The summed E-state index contributed by atoms with van der Waals surface area (Å²) in [6.45, 7) is 16.0. The molecular weight excluding hydrogens is 622 g/mol. The van der Waals surface area contributed by atoms with E-state index in [1.165, 1.54) is 23.1 Å². The summed E-state index contributed by atoms with van der Waals surface area (Å²) in [5.41, 5.74) is 1.06. The molecule has 0 aromatic heterocycles. The molecule has 0 saturated heterocycles. The van der Waals surface area contributed by atoms with Crippen LogP contribution in [0.1, 0.15) is 69.8 Å². The van der Waals surface area contributed by atoms with Crippen molar-refractivity contribution in [3.8, 4) is 5.75 Å². The van der Waals surface area contributed by atoms with E-state index in [0.29, 0.717) is 11.1 Å². The molecule has 0 heterocycles. The Labute approximate surface area is 289 Å². The molecule has 3 N–H and O–H groups in total. The number of nitrogens with zero attached hydrogens (tertiary/aromatic N) is 1. The van der Waals surface area contributed by atoms with Crippen LogP contribution in [0.3, 0.4) is 0 Å². The minimum atomic E-state index is -1.23. The van der Waals surface area contributed by atoms with E-state index in [-0.39, 0.29) is 25.1 Å². The highest BCUT2D eigenvalue weighted by Crippen LogP contribution is 2.27. The average Bonchev–Trinajstić information content (AvgIpc) is 3.00. The second kappa shape index (κ2) is 16.8. The fourth-order valence-electron chi connectivity index (χ4n) is 5.19. The molecule has 3 unspecified atom stereocenters. The summed E-state index contributed by atoms with van der Waals surface area (Å²) in [6, 6.07) is 19.2. The van der Waals surface area contributed by atoms with Gasteiger partial charge in [0, 0.05) is 19.4 Å². The summed E-state index contributed by atoms with van der Waals surface area (Å²) in [4.78, 5) is 57.0. The van der Waals surface area contributed by atoms with Gasteiger partial charge in [-0.3, -0.25) is 9.59 Å². The Hall–Kier alpha value is -5.12. The van der Waals surface area contributed by atoms with E-state index >= 15 is 0 Å². The molecule has 3 rings (SSSR count). The van der Waals surface area contributed by atoms with Crippen LogP contribution in [0.25, 0.3) is 0 Å². The van der Waals surface area contributed by atoms with Crippen LogP contribution >= 0.6 is 0 Å². The van der Waals surface area contributed by atoms with Crippen LogP contribution in [-0.4, -0.2) is 63.7 Å². The van der Waals surface area contributed by atoms with Crippen molar-refractivity contribution in [2.45, 2.75) is 90.6 Å². The quantitative estimate of drug-likeness (QED) is 0.151. The highest BCUT2D eigenvalue weighted by molar-refractivity contribution is 5.94. The number of amides is 3. The van der Waals surface area contributed by atoms with Crippen LogP contribution in [-0.2, 0) is 36.7 Å². The number of benzene rings is 3. The van der Waals surface area contributed by atoms with Crippen LogP contribution < -0.4 is 10.6 Å². The van der Waals surface area contributed by atoms with Gasteiger partial charge < -0.3 is 30.1 Å². The zero-order valence-corrected chi connectivity index (χ0v) is 29.5. The molecule has 0 radical (unpaired) electrons. The Bertz CT molecular complexity index is 1590. The number of aryl methyl sites for hydroxylation is 1. The Balaban J connectivity index is 2.09. The van der Waals surface area contributed by atoms with Gasteiger partial charge in [0.15, 0.2) is 0 Å². The van der Waals surface area contributed by atoms with E-state index in [9.17, 15) is 24.3 Å². The van der Waals surface area contributed by atoms with Crippen LogP contribution in [0, 0.1) is 6.92 Å². The molecule has 3 aromatic rings. The summed E-state index contributed by atoms with van der Waals surface area (Å²) in [6.07, 6.45) is 0.869. The highest BCUT2D eigenvalue weighted by Gasteiger charge is 2.38. The molecular formula is C39H49N3O7. The minimum absolute atomic E-state index is 0.0304. The molecule has 10 heteroatoms. The van der Waals surface area contributed by atoms with Crippen LogP contribution in [0.5, 0.6) is 5.75 Å². The van der Waals surface area contributed by atoms with Crippen molar-refractivity contribution >= 4 is 23.9 Å². The first-order valence-electron chi connectivity index (χ1n) is 16.3. The van der Waals surface area contributed by atoms with E-state index in [0.717, 1.165) is 11.1 Å². The zero-order valence-electron chi connectivity index (χ0n) is 29.5. The first-order chi connectivity index (χ1) is 23.0. The van der Waals surface area contributed by atoms with Gasteiger partial charge in [-0.2, -0.15) is 0 Å². The number of alkyl carbamates (subject to hydrolysis) is 1. The third-order valence-corrected chi connectivity index (χ3v) is 7.31. The number of phenolic OH excluding ortho intramolecular Hbond substituents is 1. The number of phenols is 1. The molecule has 0 aliphatic heterocycles. The molecule has 10 nitrogen and oxygen atoms in total. The van der Waals surface area contributed by atoms with E-state index in [1.54, 1.807) is 65.8 Å². The third-order valence-electron chi connectivity index (χ3n) is 7.31. The number of rotatable bonds is 13. The summed E-state index contributed by atoms with van der Waals surface area (Å²) in [5, 5.41) is 15.4. The number of nitrogens with one attached hydrogen (secondary N) is 2. The predicted octanol–water partition coefficient (Wildman–Crippen LogP) is 5.96. The lowest BCUT2D eigenvalue weighted by Crippen LogP contribution is -2.55. The largest absolute Gasteiger partial charge is 0.508 e. The molecule has 0 saturated carbocycles. The van der Waals surface area contributed by atoms with Crippen molar-refractivity contribution in [3.05, 3.63) is 114 Å². The fourth-order valence-corrected chi connectivity index (χ4v) is 5.19. The molecule has 0 aliphatic rings. The van der Waals surface area contributed by atoms with E-state index in [4.69, 9.17) is 9.47 Å². The zero-order chi connectivity index (χ0) is 36.4. The average molecular weight is 672 g/mol. The molecule has 49 heavy (non-hydrogen) atoms. The summed E-state index contributed by atoms with van der Waals surface area (Å²) in [5.74, 6) is -1.77. The van der Waals surface area contributed by atoms with Crippen LogP contribution in [0.4, 0.5) is 4.79 Å². The Kier molecular flexibility index (Phi) is 13.2. The van der Waals surface area contributed by atoms with E-state index in [1.807, 2.05) is 49.4 Å². The maximum Gasteiger partial charge on any atom is 0.408 e. The van der Waals surface area contributed by atoms with Crippen molar-refractivity contribution in [2.24, 2.45) is 0 Å². The van der Waals surface area contributed by atoms with Gasteiger partial charge in [0.1, 0.15) is 35.1 Å². The standard InChI is InChI=1S/C39H49N3O7/c1-9-23-42(35(45)31(41-37(47)49-39(6,7)8)24-28-19-21-29(43)22-20-28)33(30-18-14-13-15-26(30)2)34(44)40-32(36(46)48-38(3,4)5)25-27-16-11-10-12-17-27/h9-22,31-33,43H,1,23-25H2,2-8H3,(H,40,44)(H,41,47). The monoisotopic (exact) mass is 671 g/mol. The van der Waals surface area contributed by atoms with E-state index in [2.05, 4.69) is 17.2 Å². The van der Waals surface area contributed by atoms with Crippen molar-refractivity contribution in [1.29, 1.82) is 0 Å². The molecule has 262 valence electrons. The van der Waals surface area contributed by atoms with Gasteiger partial charge in [0.05, 0.1) is 0 Å².